The van der Waals surface area contributed by atoms with E-state index in [2.05, 4.69) is 29.1 Å². The zero-order valence-corrected chi connectivity index (χ0v) is 12.2. The van der Waals surface area contributed by atoms with Gasteiger partial charge in [-0.05, 0) is 38.5 Å². The third-order valence-electron chi connectivity index (χ3n) is 4.39. The number of aromatic nitrogens is 2. The minimum absolute atomic E-state index is 0.136. The van der Waals surface area contributed by atoms with Gasteiger partial charge in [0, 0.05) is 23.3 Å². The van der Waals surface area contributed by atoms with Crippen molar-refractivity contribution >= 4 is 5.82 Å². The van der Waals surface area contributed by atoms with Crippen molar-refractivity contribution in [2.75, 3.05) is 11.9 Å². The molecule has 0 unspecified atom stereocenters. The molecular formula is C15H26N4. The third kappa shape index (κ3) is 3.44. The van der Waals surface area contributed by atoms with Gasteiger partial charge in [0.05, 0.1) is 0 Å². The predicted octanol–water partition coefficient (Wildman–Crippen LogP) is 2.67. The predicted molar refractivity (Wildman–Crippen MR) is 79.3 cm³/mol. The van der Waals surface area contributed by atoms with Crippen LogP contribution in [0, 0.1) is 0 Å². The van der Waals surface area contributed by atoms with Gasteiger partial charge in [-0.1, -0.05) is 20.3 Å². The summed E-state index contributed by atoms with van der Waals surface area (Å²) < 4.78 is 0. The smallest absolute Gasteiger partial charge is 0.132 e. The largest absolute Gasteiger partial charge is 0.368 e. The van der Waals surface area contributed by atoms with Gasteiger partial charge < -0.3 is 11.1 Å². The minimum atomic E-state index is -0.136. The average Bonchev–Trinajstić information content (AvgIpc) is 2.70. The molecule has 3 N–H and O–H groups in total. The van der Waals surface area contributed by atoms with E-state index in [1.807, 2.05) is 0 Å². The summed E-state index contributed by atoms with van der Waals surface area (Å²) >= 11 is 0. The maximum Gasteiger partial charge on any atom is 0.132 e. The highest BCUT2D eigenvalue weighted by molar-refractivity contribution is 5.46. The van der Waals surface area contributed by atoms with E-state index in [0.717, 1.165) is 38.0 Å². The number of hydrogen-bond donors (Lipinski definition) is 2. The average molecular weight is 262 g/mol. The lowest BCUT2D eigenvalue weighted by atomic mass is 9.94. The Kier molecular flexibility index (Phi) is 4.75. The van der Waals surface area contributed by atoms with Crippen LogP contribution in [0.3, 0.4) is 0 Å². The van der Waals surface area contributed by atoms with E-state index in [1.165, 1.54) is 30.5 Å². The van der Waals surface area contributed by atoms with Crippen molar-refractivity contribution < 1.29 is 0 Å². The zero-order chi connectivity index (χ0) is 13.7. The van der Waals surface area contributed by atoms with Crippen LogP contribution >= 0.6 is 0 Å². The summed E-state index contributed by atoms with van der Waals surface area (Å²) in [6.45, 7) is 5.07. The van der Waals surface area contributed by atoms with Gasteiger partial charge >= 0.3 is 0 Å². The van der Waals surface area contributed by atoms with E-state index >= 15 is 0 Å². The summed E-state index contributed by atoms with van der Waals surface area (Å²) in [6.07, 6.45) is 9.59. The molecular weight excluding hydrogens is 236 g/mol. The Morgan fingerprint density at radius 1 is 1.16 bits per heavy atom. The van der Waals surface area contributed by atoms with Crippen molar-refractivity contribution in [2.45, 2.75) is 64.3 Å². The highest BCUT2D eigenvalue weighted by atomic mass is 15.0. The summed E-state index contributed by atoms with van der Waals surface area (Å²) in [5.74, 6) is 1.00. The number of nitrogens with two attached hydrogens (primary N) is 1. The van der Waals surface area contributed by atoms with E-state index in [1.54, 1.807) is 6.33 Å². The Bertz CT molecular complexity index is 413. The molecule has 1 heterocycles. The molecule has 1 aliphatic rings. The molecule has 4 heteroatoms. The van der Waals surface area contributed by atoms with Crippen molar-refractivity contribution in [1.29, 1.82) is 0 Å². The van der Waals surface area contributed by atoms with Crippen molar-refractivity contribution in [2.24, 2.45) is 5.73 Å². The number of aryl methyl sites for hydroxylation is 1. The number of fused-ring (bicyclic) bond motifs is 1. The van der Waals surface area contributed by atoms with E-state index < -0.39 is 0 Å². The second kappa shape index (κ2) is 6.33. The molecule has 0 spiro atoms. The van der Waals surface area contributed by atoms with Gasteiger partial charge in [0.25, 0.3) is 0 Å². The van der Waals surface area contributed by atoms with E-state index in [-0.39, 0.29) is 5.54 Å². The first-order valence-electron chi connectivity index (χ1n) is 7.54. The van der Waals surface area contributed by atoms with Crippen molar-refractivity contribution in [1.82, 2.24) is 9.97 Å². The topological polar surface area (TPSA) is 63.8 Å². The monoisotopic (exact) mass is 262 g/mol. The number of anilines is 1. The summed E-state index contributed by atoms with van der Waals surface area (Å²) in [4.78, 5) is 8.87. The van der Waals surface area contributed by atoms with Crippen LogP contribution in [-0.2, 0) is 12.8 Å². The zero-order valence-electron chi connectivity index (χ0n) is 12.2. The van der Waals surface area contributed by atoms with Crippen LogP contribution < -0.4 is 11.1 Å². The first-order valence-corrected chi connectivity index (χ1v) is 7.54. The summed E-state index contributed by atoms with van der Waals surface area (Å²) in [5, 5.41) is 3.47. The van der Waals surface area contributed by atoms with Crippen LogP contribution in [0.4, 0.5) is 5.82 Å². The Hall–Kier alpha value is -1.16. The van der Waals surface area contributed by atoms with Gasteiger partial charge in [0.15, 0.2) is 0 Å². The van der Waals surface area contributed by atoms with Gasteiger partial charge in [-0.15, -0.1) is 0 Å². The highest BCUT2D eigenvalue weighted by Gasteiger charge is 2.21. The molecule has 0 bridgehead atoms. The van der Waals surface area contributed by atoms with Crippen LogP contribution in [0.25, 0.3) is 0 Å². The molecule has 19 heavy (non-hydrogen) atoms. The maximum absolute atomic E-state index is 6.35. The second-order valence-electron chi connectivity index (χ2n) is 5.63. The molecule has 106 valence electrons. The van der Waals surface area contributed by atoms with Crippen LogP contribution in [0.1, 0.15) is 57.2 Å². The summed E-state index contributed by atoms with van der Waals surface area (Å²) in [6, 6.07) is 0. The van der Waals surface area contributed by atoms with Crippen LogP contribution in [-0.4, -0.2) is 22.1 Å². The quantitative estimate of drug-likeness (QED) is 0.801. The minimum Gasteiger partial charge on any atom is -0.368 e. The standard InChI is InChI=1S/C15H26N4/c1-3-15(16,4-2)10-17-14-12-8-6-5-7-9-13(12)18-11-19-14/h11H,3-10,16H2,1-2H3,(H,17,18,19). The van der Waals surface area contributed by atoms with Gasteiger partial charge in [0.1, 0.15) is 12.1 Å². The SMILES string of the molecule is CCC(N)(CC)CNc1ncnc2c1CCCCC2. The van der Waals surface area contributed by atoms with E-state index in [9.17, 15) is 0 Å². The molecule has 0 fully saturated rings. The molecule has 0 amide bonds. The molecule has 1 aromatic rings. The normalized spacial score (nSPS) is 15.7. The van der Waals surface area contributed by atoms with E-state index in [4.69, 9.17) is 5.73 Å². The Morgan fingerprint density at radius 3 is 2.63 bits per heavy atom. The fraction of sp³-hybridized carbons (Fsp3) is 0.733. The van der Waals surface area contributed by atoms with Crippen LogP contribution in [0.15, 0.2) is 6.33 Å². The molecule has 1 aromatic heterocycles. The van der Waals surface area contributed by atoms with E-state index in [0.29, 0.717) is 0 Å². The van der Waals surface area contributed by atoms with Crippen molar-refractivity contribution in [3.05, 3.63) is 17.6 Å². The van der Waals surface area contributed by atoms with Crippen molar-refractivity contribution in [3.8, 4) is 0 Å². The third-order valence-corrected chi connectivity index (χ3v) is 4.39. The molecule has 2 rings (SSSR count). The summed E-state index contributed by atoms with van der Waals surface area (Å²) in [7, 11) is 0. The number of nitrogens with one attached hydrogen (secondary N) is 1. The number of hydrogen-bond acceptors (Lipinski definition) is 4. The van der Waals surface area contributed by atoms with Crippen molar-refractivity contribution in [3.63, 3.8) is 0 Å². The van der Waals surface area contributed by atoms with Gasteiger partial charge in [-0.3, -0.25) is 0 Å². The molecule has 0 aromatic carbocycles. The lowest BCUT2D eigenvalue weighted by Crippen LogP contribution is -2.45. The molecule has 4 nitrogen and oxygen atoms in total. The number of nitrogens with zero attached hydrogens (tertiary/aromatic N) is 2. The maximum atomic E-state index is 6.35. The molecule has 0 saturated heterocycles. The lowest BCUT2D eigenvalue weighted by Gasteiger charge is -2.27. The molecule has 0 radical (unpaired) electrons. The summed E-state index contributed by atoms with van der Waals surface area (Å²) in [5.41, 5.74) is 8.75. The molecule has 0 atom stereocenters. The second-order valence-corrected chi connectivity index (χ2v) is 5.63. The van der Waals surface area contributed by atoms with Gasteiger partial charge in [0.2, 0.25) is 0 Å². The van der Waals surface area contributed by atoms with Crippen LogP contribution in [0.5, 0.6) is 0 Å². The fourth-order valence-corrected chi connectivity index (χ4v) is 2.61. The Morgan fingerprint density at radius 2 is 1.89 bits per heavy atom. The van der Waals surface area contributed by atoms with Gasteiger partial charge in [-0.25, -0.2) is 9.97 Å². The number of rotatable bonds is 5. The fourth-order valence-electron chi connectivity index (χ4n) is 2.61. The Labute approximate surface area is 116 Å². The first kappa shape index (κ1) is 14.3. The van der Waals surface area contributed by atoms with Crippen LogP contribution in [0.2, 0.25) is 0 Å². The molecule has 0 saturated carbocycles. The lowest BCUT2D eigenvalue weighted by molar-refractivity contribution is 0.417. The Balaban J connectivity index is 2.12. The first-order chi connectivity index (χ1) is 9.18. The van der Waals surface area contributed by atoms with Gasteiger partial charge in [-0.2, -0.15) is 0 Å². The molecule has 1 aliphatic carbocycles. The molecule has 0 aliphatic heterocycles. The highest BCUT2D eigenvalue weighted by Crippen LogP contribution is 2.24.